The van der Waals surface area contributed by atoms with Gasteiger partial charge in [-0.1, -0.05) is 78.9 Å². The Morgan fingerprint density at radius 3 is 1.94 bits per heavy atom. The molecule has 1 heterocycles. The Labute approximate surface area is 203 Å². The van der Waals surface area contributed by atoms with E-state index in [0.717, 1.165) is 38.5 Å². The summed E-state index contributed by atoms with van der Waals surface area (Å²) in [6.07, 6.45) is 0.323. The number of amides is 1. The predicted octanol–water partition coefficient (Wildman–Crippen LogP) is 5.57. The second-order valence-electron chi connectivity index (χ2n) is 8.34. The van der Waals surface area contributed by atoms with Crippen LogP contribution in [0.15, 0.2) is 103 Å². The van der Waals surface area contributed by atoms with E-state index in [1.807, 2.05) is 54.6 Å². The third-order valence-corrected chi connectivity index (χ3v) is 6.10. The Morgan fingerprint density at radius 2 is 1.34 bits per heavy atom. The van der Waals surface area contributed by atoms with Gasteiger partial charge in [-0.05, 0) is 35.4 Å². The lowest BCUT2D eigenvalue weighted by Gasteiger charge is -2.17. The van der Waals surface area contributed by atoms with Gasteiger partial charge in [-0.2, -0.15) is 0 Å². The van der Waals surface area contributed by atoms with E-state index in [4.69, 9.17) is 9.72 Å². The maximum atomic E-state index is 12.6. The molecule has 1 aromatic heterocycles. The highest BCUT2D eigenvalue weighted by Gasteiger charge is 2.23. The lowest BCUT2D eigenvalue weighted by atomic mass is 9.94. The molecule has 1 amide bonds. The molecule has 5 rings (SSSR count). The summed E-state index contributed by atoms with van der Waals surface area (Å²) in [7, 11) is 1.33. The van der Waals surface area contributed by atoms with Crippen LogP contribution in [-0.4, -0.2) is 30.0 Å². The van der Waals surface area contributed by atoms with Gasteiger partial charge in [0.05, 0.1) is 18.1 Å². The summed E-state index contributed by atoms with van der Waals surface area (Å²) in [4.78, 5) is 29.9. The SMILES string of the molecule is COC(=O)[C@H](Cc1ccc(-c2c3ccccc3nc3ccccc23)cc1)NC(=O)c1ccccc1. The number of ether oxygens (including phenoxy) is 1. The molecule has 35 heavy (non-hydrogen) atoms. The zero-order valence-electron chi connectivity index (χ0n) is 19.3. The standard InChI is InChI=1S/C30H24N2O3/c1-35-30(34)27(32-29(33)22-9-3-2-4-10-22)19-20-15-17-21(18-16-20)28-23-11-5-7-13-25(23)31-26-14-8-6-12-24(26)28/h2-18,27H,19H2,1H3,(H,32,33)/t27-/m0/s1. The van der Waals surface area contributed by atoms with Gasteiger partial charge in [0.2, 0.25) is 0 Å². The molecule has 1 N–H and O–H groups in total. The maximum absolute atomic E-state index is 12.6. The first-order valence-electron chi connectivity index (χ1n) is 11.4. The average Bonchev–Trinajstić information content (AvgIpc) is 2.92. The Bertz CT molecular complexity index is 1460. The minimum atomic E-state index is -0.791. The largest absolute Gasteiger partial charge is 0.467 e. The molecule has 172 valence electrons. The fourth-order valence-corrected chi connectivity index (χ4v) is 4.36. The van der Waals surface area contributed by atoms with Gasteiger partial charge in [0, 0.05) is 28.3 Å². The Kier molecular flexibility index (Phi) is 6.22. The molecule has 0 saturated heterocycles. The number of esters is 1. The van der Waals surface area contributed by atoms with Gasteiger partial charge in [-0.25, -0.2) is 9.78 Å². The van der Waals surface area contributed by atoms with Crippen molar-refractivity contribution in [2.24, 2.45) is 0 Å². The summed E-state index contributed by atoms with van der Waals surface area (Å²) < 4.78 is 4.95. The number of aromatic nitrogens is 1. The number of carbonyl (C=O) groups excluding carboxylic acids is 2. The molecule has 0 saturated carbocycles. The molecule has 0 aliphatic heterocycles. The van der Waals surface area contributed by atoms with Crippen LogP contribution < -0.4 is 5.32 Å². The van der Waals surface area contributed by atoms with Crippen molar-refractivity contribution in [3.8, 4) is 11.1 Å². The number of hydrogen-bond donors (Lipinski definition) is 1. The smallest absolute Gasteiger partial charge is 0.328 e. The molecule has 0 radical (unpaired) electrons. The Morgan fingerprint density at radius 1 is 0.771 bits per heavy atom. The van der Waals surface area contributed by atoms with Crippen molar-refractivity contribution in [2.75, 3.05) is 7.11 Å². The van der Waals surface area contributed by atoms with Crippen LogP contribution in [0.2, 0.25) is 0 Å². The lowest BCUT2D eigenvalue weighted by molar-refractivity contribution is -0.142. The van der Waals surface area contributed by atoms with Gasteiger partial charge in [0.1, 0.15) is 6.04 Å². The highest BCUT2D eigenvalue weighted by molar-refractivity contribution is 6.09. The van der Waals surface area contributed by atoms with Crippen molar-refractivity contribution in [3.05, 3.63) is 114 Å². The zero-order valence-corrected chi connectivity index (χ0v) is 19.3. The van der Waals surface area contributed by atoms with Gasteiger partial charge in [0.25, 0.3) is 5.91 Å². The molecular weight excluding hydrogens is 436 g/mol. The lowest BCUT2D eigenvalue weighted by Crippen LogP contribution is -2.43. The molecule has 1 atom stereocenters. The predicted molar refractivity (Wildman–Crippen MR) is 138 cm³/mol. The van der Waals surface area contributed by atoms with Crippen LogP contribution in [-0.2, 0) is 16.0 Å². The second-order valence-corrected chi connectivity index (χ2v) is 8.34. The maximum Gasteiger partial charge on any atom is 0.328 e. The van der Waals surface area contributed by atoms with Crippen LogP contribution in [0.5, 0.6) is 0 Å². The minimum Gasteiger partial charge on any atom is -0.467 e. The van der Waals surface area contributed by atoms with Crippen LogP contribution in [0.4, 0.5) is 0 Å². The van der Waals surface area contributed by atoms with Crippen LogP contribution in [0.25, 0.3) is 32.9 Å². The average molecular weight is 461 g/mol. The van der Waals surface area contributed by atoms with Crippen molar-refractivity contribution in [2.45, 2.75) is 12.5 Å². The molecule has 5 nitrogen and oxygen atoms in total. The summed E-state index contributed by atoms with van der Waals surface area (Å²) in [6, 6.07) is 32.4. The summed E-state index contributed by atoms with van der Waals surface area (Å²) in [5.74, 6) is -0.795. The molecule has 5 heteroatoms. The van der Waals surface area contributed by atoms with E-state index in [-0.39, 0.29) is 5.91 Å². The van der Waals surface area contributed by atoms with E-state index < -0.39 is 12.0 Å². The van der Waals surface area contributed by atoms with Gasteiger partial charge in [-0.15, -0.1) is 0 Å². The van der Waals surface area contributed by atoms with Gasteiger partial charge < -0.3 is 10.1 Å². The summed E-state index contributed by atoms with van der Waals surface area (Å²) in [6.45, 7) is 0. The van der Waals surface area contributed by atoms with Gasteiger partial charge in [0.15, 0.2) is 0 Å². The van der Waals surface area contributed by atoms with E-state index in [0.29, 0.717) is 12.0 Å². The van der Waals surface area contributed by atoms with Crippen LogP contribution in [0, 0.1) is 0 Å². The molecule has 0 spiro atoms. The number of nitrogens with zero attached hydrogens (tertiary/aromatic N) is 1. The van der Waals surface area contributed by atoms with Crippen molar-refractivity contribution in [1.29, 1.82) is 0 Å². The number of para-hydroxylation sites is 2. The molecule has 0 aliphatic carbocycles. The van der Waals surface area contributed by atoms with Crippen molar-refractivity contribution >= 4 is 33.7 Å². The van der Waals surface area contributed by atoms with E-state index in [1.165, 1.54) is 7.11 Å². The fraction of sp³-hybridized carbons (Fsp3) is 0.100. The van der Waals surface area contributed by atoms with Crippen LogP contribution in [0.3, 0.4) is 0 Å². The first-order valence-corrected chi connectivity index (χ1v) is 11.4. The number of rotatable bonds is 6. The first-order chi connectivity index (χ1) is 17.1. The number of carbonyl (C=O) groups is 2. The normalized spacial score (nSPS) is 11.8. The van der Waals surface area contributed by atoms with Crippen molar-refractivity contribution in [3.63, 3.8) is 0 Å². The highest BCUT2D eigenvalue weighted by Crippen LogP contribution is 2.34. The number of fused-ring (bicyclic) bond motifs is 2. The van der Waals surface area contributed by atoms with E-state index in [2.05, 4.69) is 29.6 Å². The third-order valence-electron chi connectivity index (χ3n) is 6.10. The van der Waals surface area contributed by atoms with Crippen molar-refractivity contribution in [1.82, 2.24) is 10.3 Å². The summed E-state index contributed by atoms with van der Waals surface area (Å²) in [5, 5.41) is 4.97. The summed E-state index contributed by atoms with van der Waals surface area (Å²) in [5.41, 5.74) is 5.49. The number of methoxy groups -OCH3 is 1. The molecule has 0 bridgehead atoms. The molecule has 0 fully saturated rings. The number of hydrogen-bond acceptors (Lipinski definition) is 4. The Hall–Kier alpha value is -4.51. The van der Waals surface area contributed by atoms with E-state index in [1.54, 1.807) is 24.3 Å². The minimum absolute atomic E-state index is 0.313. The zero-order chi connectivity index (χ0) is 24.2. The molecule has 0 unspecified atom stereocenters. The fourth-order valence-electron chi connectivity index (χ4n) is 4.36. The number of pyridine rings is 1. The molecule has 4 aromatic carbocycles. The molecule has 5 aromatic rings. The topological polar surface area (TPSA) is 68.3 Å². The number of nitrogens with one attached hydrogen (secondary N) is 1. The second kappa shape index (κ2) is 9.77. The van der Waals surface area contributed by atoms with Crippen LogP contribution >= 0.6 is 0 Å². The van der Waals surface area contributed by atoms with Crippen molar-refractivity contribution < 1.29 is 14.3 Å². The third kappa shape index (κ3) is 4.62. The molecular formula is C30H24N2O3. The van der Waals surface area contributed by atoms with Crippen LogP contribution in [0.1, 0.15) is 15.9 Å². The van der Waals surface area contributed by atoms with Gasteiger partial charge >= 0.3 is 5.97 Å². The highest BCUT2D eigenvalue weighted by atomic mass is 16.5. The Balaban J connectivity index is 1.46. The van der Waals surface area contributed by atoms with E-state index >= 15 is 0 Å². The monoisotopic (exact) mass is 460 g/mol. The summed E-state index contributed by atoms with van der Waals surface area (Å²) >= 11 is 0. The number of benzene rings is 4. The quantitative estimate of drug-likeness (QED) is 0.266. The molecule has 0 aliphatic rings. The van der Waals surface area contributed by atoms with Gasteiger partial charge in [-0.3, -0.25) is 4.79 Å². The van der Waals surface area contributed by atoms with E-state index in [9.17, 15) is 9.59 Å². The first kappa shape index (κ1) is 22.3.